The number of aryl methyl sites for hydroxylation is 2. The molecule has 3 heterocycles. The number of alkyl halides is 3. The molecule has 7 nitrogen and oxygen atoms in total. The van der Waals surface area contributed by atoms with Crippen LogP contribution >= 0.6 is 0 Å². The van der Waals surface area contributed by atoms with Crippen LogP contribution in [-0.2, 0) is 19.0 Å². The van der Waals surface area contributed by atoms with Gasteiger partial charge in [-0.25, -0.2) is 9.97 Å². The van der Waals surface area contributed by atoms with Crippen molar-refractivity contribution in [2.75, 3.05) is 0 Å². The second-order valence-electron chi connectivity index (χ2n) is 7.49. The molecule has 0 bridgehead atoms. The Labute approximate surface area is 175 Å². The number of carbonyl (C=O) groups is 1. The first-order chi connectivity index (χ1) is 14.8. The molecule has 1 amide bonds. The molecule has 0 unspecified atom stereocenters. The number of carbonyl (C=O) groups excluding carboxylic acids is 1. The Morgan fingerprint density at radius 2 is 1.90 bits per heavy atom. The third-order valence-corrected chi connectivity index (χ3v) is 5.05. The molecule has 1 fully saturated rings. The summed E-state index contributed by atoms with van der Waals surface area (Å²) in [4.78, 5) is 25.7. The highest BCUT2D eigenvalue weighted by Crippen LogP contribution is 2.40. The van der Waals surface area contributed by atoms with Crippen LogP contribution in [0, 0.1) is 0 Å². The normalized spacial score (nSPS) is 15.6. The second-order valence-corrected chi connectivity index (χ2v) is 7.49. The third kappa shape index (κ3) is 5.07. The molecule has 0 aromatic carbocycles. The SMILES string of the molecule is NC(=O)c1cncc(C(F)(F)F)n1.c1cc(-c2nc3c(o2)CCCC3)cc(C2CC2)n1. The van der Waals surface area contributed by atoms with Crippen molar-refractivity contribution >= 4 is 5.91 Å². The lowest BCUT2D eigenvalue weighted by Gasteiger charge is -2.05. The highest BCUT2D eigenvalue weighted by atomic mass is 19.4. The first-order valence-electron chi connectivity index (χ1n) is 9.95. The Bertz CT molecular complexity index is 1070. The summed E-state index contributed by atoms with van der Waals surface area (Å²) in [6.07, 6.45) is 5.79. The van der Waals surface area contributed by atoms with E-state index in [0.29, 0.717) is 12.1 Å². The minimum absolute atomic E-state index is 0.505. The molecular weight excluding hydrogens is 411 g/mol. The maximum Gasteiger partial charge on any atom is 0.434 e. The van der Waals surface area contributed by atoms with Gasteiger partial charge in [-0.15, -0.1) is 0 Å². The molecule has 2 aliphatic rings. The van der Waals surface area contributed by atoms with Gasteiger partial charge in [0.25, 0.3) is 5.91 Å². The van der Waals surface area contributed by atoms with E-state index in [9.17, 15) is 18.0 Å². The molecule has 162 valence electrons. The van der Waals surface area contributed by atoms with Gasteiger partial charge >= 0.3 is 6.18 Å². The van der Waals surface area contributed by atoms with Gasteiger partial charge in [-0.2, -0.15) is 13.2 Å². The highest BCUT2D eigenvalue weighted by molar-refractivity contribution is 5.90. The largest absolute Gasteiger partial charge is 0.441 e. The predicted molar refractivity (Wildman–Crippen MR) is 104 cm³/mol. The van der Waals surface area contributed by atoms with E-state index in [1.54, 1.807) is 0 Å². The van der Waals surface area contributed by atoms with Crippen molar-refractivity contribution < 1.29 is 22.4 Å². The Hall–Kier alpha value is -3.30. The lowest BCUT2D eigenvalue weighted by molar-refractivity contribution is -0.141. The predicted octanol–water partition coefficient (Wildman–Crippen LogP) is 4.09. The van der Waals surface area contributed by atoms with E-state index in [4.69, 9.17) is 10.2 Å². The van der Waals surface area contributed by atoms with E-state index < -0.39 is 23.5 Å². The summed E-state index contributed by atoms with van der Waals surface area (Å²) in [5.41, 5.74) is 6.43. The van der Waals surface area contributed by atoms with E-state index in [2.05, 4.69) is 26.0 Å². The fraction of sp³-hybridized carbons (Fsp3) is 0.381. The van der Waals surface area contributed by atoms with E-state index >= 15 is 0 Å². The number of rotatable bonds is 3. The molecule has 31 heavy (non-hydrogen) atoms. The zero-order valence-corrected chi connectivity index (χ0v) is 16.5. The molecule has 1 saturated carbocycles. The van der Waals surface area contributed by atoms with Gasteiger partial charge in [-0.05, 0) is 44.2 Å². The molecule has 0 aliphatic heterocycles. The Morgan fingerprint density at radius 1 is 1.13 bits per heavy atom. The molecule has 0 spiro atoms. The van der Waals surface area contributed by atoms with E-state index in [1.165, 1.54) is 37.1 Å². The minimum atomic E-state index is -4.61. The van der Waals surface area contributed by atoms with Crippen molar-refractivity contribution in [2.24, 2.45) is 5.73 Å². The number of nitrogens with two attached hydrogens (primary N) is 1. The zero-order chi connectivity index (χ0) is 22.0. The molecule has 0 saturated heterocycles. The maximum absolute atomic E-state index is 12.0. The summed E-state index contributed by atoms with van der Waals surface area (Å²) in [6.45, 7) is 0. The quantitative estimate of drug-likeness (QED) is 0.669. The van der Waals surface area contributed by atoms with E-state index in [-0.39, 0.29) is 0 Å². The van der Waals surface area contributed by atoms with Crippen LogP contribution in [0.15, 0.2) is 35.1 Å². The summed E-state index contributed by atoms with van der Waals surface area (Å²) in [7, 11) is 0. The summed E-state index contributed by atoms with van der Waals surface area (Å²) < 4.78 is 41.8. The zero-order valence-electron chi connectivity index (χ0n) is 16.5. The third-order valence-electron chi connectivity index (χ3n) is 5.05. The maximum atomic E-state index is 12.0. The Morgan fingerprint density at radius 3 is 2.58 bits per heavy atom. The number of nitrogens with zero attached hydrogens (tertiary/aromatic N) is 4. The standard InChI is InChI=1S/C15H16N2O.C6H4F3N3O/c1-2-4-14-12(3-1)17-15(18-14)11-7-8-16-13(9-11)10-5-6-10;7-6(8,9)4-2-11-1-3(12-4)5(10)13/h7-10H,1-6H2;1-2H,(H2,10,13). The molecule has 2 N–H and O–H groups in total. The average molecular weight is 431 g/mol. The van der Waals surface area contributed by atoms with Crippen molar-refractivity contribution in [3.63, 3.8) is 0 Å². The molecule has 10 heteroatoms. The number of oxazole rings is 1. The number of amides is 1. The van der Waals surface area contributed by atoms with Crippen LogP contribution < -0.4 is 5.73 Å². The van der Waals surface area contributed by atoms with Gasteiger partial charge in [-0.3, -0.25) is 14.8 Å². The van der Waals surface area contributed by atoms with Crippen LogP contribution in [0.2, 0.25) is 0 Å². The smallest absolute Gasteiger partial charge is 0.434 e. The lowest BCUT2D eigenvalue weighted by atomic mass is 10.0. The van der Waals surface area contributed by atoms with Crippen molar-refractivity contribution in [3.05, 3.63) is 59.3 Å². The van der Waals surface area contributed by atoms with Crippen LogP contribution in [0.4, 0.5) is 13.2 Å². The van der Waals surface area contributed by atoms with Crippen LogP contribution in [0.3, 0.4) is 0 Å². The number of hydrogen-bond acceptors (Lipinski definition) is 6. The molecule has 2 aliphatic carbocycles. The first-order valence-corrected chi connectivity index (χ1v) is 9.95. The van der Waals surface area contributed by atoms with Gasteiger partial charge in [0.1, 0.15) is 11.5 Å². The van der Waals surface area contributed by atoms with E-state index in [0.717, 1.165) is 36.3 Å². The molecule has 5 rings (SSSR count). The Kier molecular flexibility index (Phi) is 5.71. The molecule has 0 atom stereocenters. The summed E-state index contributed by atoms with van der Waals surface area (Å²) in [5, 5.41) is 0. The van der Waals surface area contributed by atoms with Crippen LogP contribution in [-0.4, -0.2) is 25.8 Å². The second kappa shape index (κ2) is 8.44. The number of primary amides is 1. The van der Waals surface area contributed by atoms with E-state index in [1.807, 2.05) is 12.3 Å². The summed E-state index contributed by atoms with van der Waals surface area (Å²) in [6, 6.07) is 4.15. The first kappa shape index (κ1) is 21.0. The lowest BCUT2D eigenvalue weighted by Crippen LogP contribution is -2.17. The van der Waals surface area contributed by atoms with Gasteiger partial charge in [0, 0.05) is 29.8 Å². The van der Waals surface area contributed by atoms with Crippen LogP contribution in [0.5, 0.6) is 0 Å². The van der Waals surface area contributed by atoms with Crippen LogP contribution in [0.25, 0.3) is 11.5 Å². The number of halogens is 3. The van der Waals surface area contributed by atoms with Crippen molar-refractivity contribution in [1.29, 1.82) is 0 Å². The van der Waals surface area contributed by atoms with Gasteiger partial charge in [0.05, 0.1) is 18.1 Å². The number of hydrogen-bond donors (Lipinski definition) is 1. The Balaban J connectivity index is 0.000000159. The summed E-state index contributed by atoms with van der Waals surface area (Å²) in [5.74, 6) is 1.51. The van der Waals surface area contributed by atoms with Gasteiger partial charge in [0.2, 0.25) is 5.89 Å². The summed E-state index contributed by atoms with van der Waals surface area (Å²) >= 11 is 0. The van der Waals surface area contributed by atoms with Crippen LogP contribution in [0.1, 0.15) is 64.9 Å². The topological polar surface area (TPSA) is 108 Å². The highest BCUT2D eigenvalue weighted by Gasteiger charge is 2.33. The van der Waals surface area contributed by atoms with Gasteiger partial charge < -0.3 is 10.2 Å². The van der Waals surface area contributed by atoms with Gasteiger partial charge in [0.15, 0.2) is 5.69 Å². The number of pyridine rings is 1. The monoisotopic (exact) mass is 431 g/mol. The fourth-order valence-corrected chi connectivity index (χ4v) is 3.28. The van der Waals surface area contributed by atoms with Crippen molar-refractivity contribution in [2.45, 2.75) is 50.6 Å². The average Bonchev–Trinajstić information content (AvgIpc) is 3.52. The molecule has 0 radical (unpaired) electrons. The minimum Gasteiger partial charge on any atom is -0.441 e. The van der Waals surface area contributed by atoms with Crippen molar-refractivity contribution in [3.8, 4) is 11.5 Å². The fourth-order valence-electron chi connectivity index (χ4n) is 3.28. The number of fused-ring (bicyclic) bond motifs is 1. The molecule has 3 aromatic heterocycles. The van der Waals surface area contributed by atoms with Crippen molar-refractivity contribution in [1.82, 2.24) is 19.9 Å². The number of aromatic nitrogens is 4. The molecule has 3 aromatic rings. The molecular formula is C21H20F3N5O2. The van der Waals surface area contributed by atoms with Gasteiger partial charge in [-0.1, -0.05) is 0 Å².